The van der Waals surface area contributed by atoms with Gasteiger partial charge in [-0.05, 0) is 24.1 Å². The molecule has 0 radical (unpaired) electrons. The maximum Gasteiger partial charge on any atom is 0.0953 e. The molecule has 0 amide bonds. The fourth-order valence-corrected chi connectivity index (χ4v) is 2.16. The number of rotatable bonds is 5. The molecule has 0 bridgehead atoms. The van der Waals surface area contributed by atoms with Crippen molar-refractivity contribution in [2.24, 2.45) is 0 Å². The van der Waals surface area contributed by atoms with Crippen LogP contribution >= 0.6 is 11.6 Å². The molecular formula is C15H20ClN3. The molecule has 0 aliphatic heterocycles. The molecule has 2 rings (SSSR count). The fraction of sp³-hybridized carbons (Fsp3) is 0.400. The molecule has 3 nitrogen and oxygen atoms in total. The summed E-state index contributed by atoms with van der Waals surface area (Å²) in [7, 11) is 0. The minimum Gasteiger partial charge on any atom is -0.333 e. The van der Waals surface area contributed by atoms with Crippen LogP contribution in [0.1, 0.15) is 30.7 Å². The number of benzene rings is 1. The molecule has 0 saturated carbocycles. The van der Waals surface area contributed by atoms with E-state index in [1.54, 1.807) is 0 Å². The van der Waals surface area contributed by atoms with Gasteiger partial charge in [0.2, 0.25) is 0 Å². The van der Waals surface area contributed by atoms with Crippen molar-refractivity contribution < 1.29 is 0 Å². The first-order valence-electron chi connectivity index (χ1n) is 6.53. The van der Waals surface area contributed by atoms with Crippen LogP contribution in [-0.4, -0.2) is 15.6 Å². The Balaban J connectivity index is 2.03. The lowest BCUT2D eigenvalue weighted by Gasteiger charge is -2.06. The summed E-state index contributed by atoms with van der Waals surface area (Å²) in [6.45, 7) is 7.86. The van der Waals surface area contributed by atoms with Crippen molar-refractivity contribution in [1.82, 2.24) is 14.9 Å². The number of nitrogens with one attached hydrogen (secondary N) is 1. The van der Waals surface area contributed by atoms with Gasteiger partial charge < -0.3 is 9.88 Å². The zero-order valence-electron chi connectivity index (χ0n) is 11.7. The van der Waals surface area contributed by atoms with Crippen LogP contribution in [0.5, 0.6) is 0 Å². The Labute approximate surface area is 119 Å². The molecule has 1 heterocycles. The van der Waals surface area contributed by atoms with Gasteiger partial charge in [0.15, 0.2) is 0 Å². The molecule has 0 aliphatic rings. The normalized spacial score (nSPS) is 11.2. The van der Waals surface area contributed by atoms with Crippen LogP contribution < -0.4 is 5.32 Å². The Bertz CT molecular complexity index is 546. The fourth-order valence-electron chi connectivity index (χ4n) is 1.87. The Morgan fingerprint density at radius 3 is 2.84 bits per heavy atom. The summed E-state index contributed by atoms with van der Waals surface area (Å²) < 4.78 is 2.06. The summed E-state index contributed by atoms with van der Waals surface area (Å²) in [5, 5.41) is 4.17. The zero-order chi connectivity index (χ0) is 13.8. The van der Waals surface area contributed by atoms with Crippen molar-refractivity contribution in [2.45, 2.75) is 39.9 Å². The van der Waals surface area contributed by atoms with Crippen molar-refractivity contribution in [3.8, 4) is 0 Å². The van der Waals surface area contributed by atoms with E-state index in [4.69, 9.17) is 11.6 Å². The SMILES string of the molecule is Cc1ccc(Cn2cnc(CNC(C)C)c2)c(Cl)c1. The van der Waals surface area contributed by atoms with E-state index in [2.05, 4.69) is 47.0 Å². The molecule has 0 unspecified atom stereocenters. The standard InChI is InChI=1S/C15H20ClN3/c1-11(2)17-7-14-9-19(10-18-14)8-13-5-4-12(3)6-15(13)16/h4-6,9-11,17H,7-8H2,1-3H3. The van der Waals surface area contributed by atoms with E-state index in [0.717, 1.165) is 29.4 Å². The van der Waals surface area contributed by atoms with Crippen LogP contribution in [0, 0.1) is 6.92 Å². The van der Waals surface area contributed by atoms with Gasteiger partial charge in [-0.3, -0.25) is 0 Å². The lowest BCUT2D eigenvalue weighted by atomic mass is 10.1. The van der Waals surface area contributed by atoms with E-state index in [1.165, 1.54) is 5.56 Å². The molecule has 1 aromatic heterocycles. The minimum atomic E-state index is 0.469. The molecule has 0 atom stereocenters. The summed E-state index contributed by atoms with van der Waals surface area (Å²) in [4.78, 5) is 4.39. The van der Waals surface area contributed by atoms with Crippen LogP contribution in [0.3, 0.4) is 0 Å². The highest BCUT2D eigenvalue weighted by atomic mass is 35.5. The van der Waals surface area contributed by atoms with E-state index >= 15 is 0 Å². The second-order valence-corrected chi connectivity index (χ2v) is 5.58. The van der Waals surface area contributed by atoms with Gasteiger partial charge in [-0.2, -0.15) is 0 Å². The number of hydrogen-bond donors (Lipinski definition) is 1. The number of aryl methyl sites for hydroxylation is 1. The second kappa shape index (κ2) is 6.22. The maximum absolute atomic E-state index is 6.24. The van der Waals surface area contributed by atoms with E-state index in [-0.39, 0.29) is 0 Å². The molecule has 0 saturated heterocycles. The zero-order valence-corrected chi connectivity index (χ0v) is 12.4. The number of imidazole rings is 1. The molecule has 1 aromatic carbocycles. The molecule has 0 fully saturated rings. The second-order valence-electron chi connectivity index (χ2n) is 5.17. The van der Waals surface area contributed by atoms with Gasteiger partial charge in [-0.1, -0.05) is 37.6 Å². The number of aromatic nitrogens is 2. The first-order chi connectivity index (χ1) is 9.04. The van der Waals surface area contributed by atoms with Crippen LogP contribution in [0.2, 0.25) is 5.02 Å². The first-order valence-corrected chi connectivity index (χ1v) is 6.91. The third-order valence-electron chi connectivity index (χ3n) is 2.94. The summed E-state index contributed by atoms with van der Waals surface area (Å²) in [6.07, 6.45) is 3.92. The lowest BCUT2D eigenvalue weighted by Crippen LogP contribution is -2.21. The van der Waals surface area contributed by atoms with E-state index in [1.807, 2.05) is 19.3 Å². The van der Waals surface area contributed by atoms with Gasteiger partial charge in [-0.25, -0.2) is 4.98 Å². The van der Waals surface area contributed by atoms with Crippen LogP contribution in [0.25, 0.3) is 0 Å². The van der Waals surface area contributed by atoms with Crippen LogP contribution in [-0.2, 0) is 13.1 Å². The minimum absolute atomic E-state index is 0.469. The molecule has 0 aliphatic carbocycles. The highest BCUT2D eigenvalue weighted by molar-refractivity contribution is 6.31. The Hall–Kier alpha value is -1.32. The molecular weight excluding hydrogens is 258 g/mol. The van der Waals surface area contributed by atoms with Crippen molar-refractivity contribution in [1.29, 1.82) is 0 Å². The predicted octanol–water partition coefficient (Wildman–Crippen LogP) is 3.39. The quantitative estimate of drug-likeness (QED) is 0.908. The van der Waals surface area contributed by atoms with E-state index in [0.29, 0.717) is 6.04 Å². The summed E-state index contributed by atoms with van der Waals surface area (Å²) in [5.41, 5.74) is 3.35. The maximum atomic E-state index is 6.24. The molecule has 19 heavy (non-hydrogen) atoms. The third-order valence-corrected chi connectivity index (χ3v) is 3.29. The summed E-state index contributed by atoms with van der Waals surface area (Å²) in [5.74, 6) is 0. The smallest absolute Gasteiger partial charge is 0.0953 e. The van der Waals surface area contributed by atoms with Crippen molar-refractivity contribution in [2.75, 3.05) is 0 Å². The van der Waals surface area contributed by atoms with E-state index in [9.17, 15) is 0 Å². The third kappa shape index (κ3) is 4.08. The van der Waals surface area contributed by atoms with Crippen molar-refractivity contribution in [3.63, 3.8) is 0 Å². The van der Waals surface area contributed by atoms with Crippen molar-refractivity contribution in [3.05, 3.63) is 52.6 Å². The number of nitrogens with zero attached hydrogens (tertiary/aromatic N) is 2. The molecule has 102 valence electrons. The molecule has 0 spiro atoms. The molecule has 4 heteroatoms. The van der Waals surface area contributed by atoms with Crippen molar-refractivity contribution >= 4 is 11.6 Å². The van der Waals surface area contributed by atoms with Crippen LogP contribution in [0.4, 0.5) is 0 Å². The van der Waals surface area contributed by atoms with E-state index < -0.39 is 0 Å². The molecule has 2 aromatic rings. The topological polar surface area (TPSA) is 29.9 Å². The average Bonchev–Trinajstić information content (AvgIpc) is 2.78. The van der Waals surface area contributed by atoms with Gasteiger partial charge in [0.25, 0.3) is 0 Å². The van der Waals surface area contributed by atoms with Crippen LogP contribution in [0.15, 0.2) is 30.7 Å². The highest BCUT2D eigenvalue weighted by Crippen LogP contribution is 2.18. The first kappa shape index (κ1) is 14.1. The Kier molecular flexibility index (Phi) is 4.61. The van der Waals surface area contributed by atoms with Gasteiger partial charge in [0, 0.05) is 30.4 Å². The van der Waals surface area contributed by atoms with Gasteiger partial charge in [0.05, 0.1) is 12.0 Å². The average molecular weight is 278 g/mol. The number of hydrogen-bond acceptors (Lipinski definition) is 2. The molecule has 1 N–H and O–H groups in total. The summed E-state index contributed by atoms with van der Waals surface area (Å²) >= 11 is 6.24. The Morgan fingerprint density at radius 2 is 2.16 bits per heavy atom. The number of halogens is 1. The lowest BCUT2D eigenvalue weighted by molar-refractivity contribution is 0.582. The summed E-state index contributed by atoms with van der Waals surface area (Å²) in [6, 6.07) is 6.62. The Morgan fingerprint density at radius 1 is 1.37 bits per heavy atom. The monoisotopic (exact) mass is 277 g/mol. The van der Waals surface area contributed by atoms with Gasteiger partial charge in [0.1, 0.15) is 0 Å². The van der Waals surface area contributed by atoms with Gasteiger partial charge in [-0.15, -0.1) is 0 Å². The predicted molar refractivity (Wildman–Crippen MR) is 79.5 cm³/mol. The van der Waals surface area contributed by atoms with Gasteiger partial charge >= 0.3 is 0 Å². The largest absolute Gasteiger partial charge is 0.333 e. The highest BCUT2D eigenvalue weighted by Gasteiger charge is 2.04.